The summed E-state index contributed by atoms with van der Waals surface area (Å²) in [7, 11) is 0. The van der Waals surface area contributed by atoms with Crippen molar-refractivity contribution in [3.05, 3.63) is 247 Å². The first-order chi connectivity index (χ1) is 34.2. The van der Waals surface area contributed by atoms with E-state index < -0.39 is 5.41 Å². The Morgan fingerprint density at radius 1 is 0.319 bits per heavy atom. The van der Waals surface area contributed by atoms with Gasteiger partial charge in [0.05, 0.1) is 5.41 Å². The van der Waals surface area contributed by atoms with E-state index in [1.165, 1.54) is 75.8 Å². The Balaban J connectivity index is 0.888. The quantitative estimate of drug-likeness (QED) is 0.173. The molecular weight excluding hydrogens is 859 g/mol. The average Bonchev–Trinajstić information content (AvgIpc) is 4.16. The molecule has 0 saturated heterocycles. The first kappa shape index (κ1) is 38.3. The monoisotopic (exact) mass is 895 g/mol. The number of hydrogen-bond acceptors (Lipinski definition) is 5. The number of thiophene rings is 1. The number of furan rings is 1. The van der Waals surface area contributed by atoms with Crippen molar-refractivity contribution in [2.24, 2.45) is 0 Å². The second-order valence-corrected chi connectivity index (χ2v) is 19.3. The van der Waals surface area contributed by atoms with Crippen molar-refractivity contribution in [1.82, 2.24) is 15.0 Å². The van der Waals surface area contributed by atoms with Crippen molar-refractivity contribution < 1.29 is 4.42 Å². The molecular formula is C64H37N3OS. The third kappa shape index (κ3) is 5.53. The van der Waals surface area contributed by atoms with Gasteiger partial charge in [-0.25, -0.2) is 15.0 Å². The van der Waals surface area contributed by atoms with E-state index in [0.29, 0.717) is 17.5 Å². The van der Waals surface area contributed by atoms with Crippen LogP contribution in [0.3, 0.4) is 0 Å². The molecule has 1 spiro atoms. The molecule has 0 atom stereocenters. The van der Waals surface area contributed by atoms with Crippen LogP contribution in [-0.2, 0) is 5.41 Å². The third-order valence-electron chi connectivity index (χ3n) is 14.6. The normalized spacial score (nSPS) is 13.0. The van der Waals surface area contributed by atoms with E-state index >= 15 is 0 Å². The van der Waals surface area contributed by atoms with Gasteiger partial charge in [-0.15, -0.1) is 11.3 Å². The highest BCUT2D eigenvalue weighted by molar-refractivity contribution is 7.25. The number of nitrogens with zero attached hydrogens (tertiary/aromatic N) is 3. The van der Waals surface area contributed by atoms with E-state index in [1.807, 2.05) is 30.3 Å². The molecule has 15 rings (SSSR count). The number of fused-ring (bicyclic) bond motifs is 16. The van der Waals surface area contributed by atoms with Gasteiger partial charge < -0.3 is 4.42 Å². The Kier molecular flexibility index (Phi) is 8.12. The van der Waals surface area contributed by atoms with Gasteiger partial charge in [0.1, 0.15) is 11.2 Å². The van der Waals surface area contributed by atoms with E-state index in [9.17, 15) is 0 Å². The van der Waals surface area contributed by atoms with Crippen LogP contribution in [-0.4, -0.2) is 15.0 Å². The summed E-state index contributed by atoms with van der Waals surface area (Å²) in [5, 5.41) is 4.48. The molecule has 0 amide bonds. The molecule has 2 aliphatic rings. The molecule has 4 nitrogen and oxygen atoms in total. The van der Waals surface area contributed by atoms with Crippen LogP contribution in [0.4, 0.5) is 0 Å². The summed E-state index contributed by atoms with van der Waals surface area (Å²) >= 11 is 1.79. The van der Waals surface area contributed by atoms with Crippen LogP contribution in [0.15, 0.2) is 229 Å². The standard InChI is InChI=1S/C64H37N3OS/c1-2-15-38(16-3-1)61-65-62(42-31-33-48-47-22-7-11-30-57(47)69-58(48)37-42)67-63(66-61)50-25-14-29-56-59(50)51-36-40(32-34-55(51)68-56)39-17-12-18-41(35-39)43-23-13-24-49-46-21-6-10-28-54(46)64(60(43)49)52-26-8-4-19-44(52)45-20-5-9-27-53(45)64/h1-37H. The summed E-state index contributed by atoms with van der Waals surface area (Å²) < 4.78 is 9.09. The molecule has 10 aromatic carbocycles. The van der Waals surface area contributed by atoms with E-state index in [4.69, 9.17) is 19.4 Å². The maximum Gasteiger partial charge on any atom is 0.164 e. The third-order valence-corrected chi connectivity index (χ3v) is 15.7. The summed E-state index contributed by atoms with van der Waals surface area (Å²) in [6, 6.07) is 81.0. The van der Waals surface area contributed by atoms with Crippen LogP contribution >= 0.6 is 11.3 Å². The topological polar surface area (TPSA) is 51.8 Å². The predicted molar refractivity (Wildman–Crippen MR) is 283 cm³/mol. The van der Waals surface area contributed by atoms with Crippen molar-refractivity contribution in [3.8, 4) is 78.7 Å². The minimum Gasteiger partial charge on any atom is -0.456 e. The Hall–Kier alpha value is -8.77. The summed E-state index contributed by atoms with van der Waals surface area (Å²) in [4.78, 5) is 15.6. The largest absolute Gasteiger partial charge is 0.456 e. The second-order valence-electron chi connectivity index (χ2n) is 18.2. The van der Waals surface area contributed by atoms with Crippen LogP contribution in [0.25, 0.3) is 121 Å². The highest BCUT2D eigenvalue weighted by Crippen LogP contribution is 2.64. The van der Waals surface area contributed by atoms with Gasteiger partial charge in [-0.05, 0) is 103 Å². The van der Waals surface area contributed by atoms with Gasteiger partial charge in [-0.1, -0.05) is 188 Å². The highest BCUT2D eigenvalue weighted by Gasteiger charge is 2.52. The number of benzene rings is 10. The smallest absolute Gasteiger partial charge is 0.164 e. The fraction of sp³-hybridized carbons (Fsp3) is 0.0156. The zero-order valence-electron chi connectivity index (χ0n) is 37.0. The van der Waals surface area contributed by atoms with Gasteiger partial charge >= 0.3 is 0 Å². The van der Waals surface area contributed by atoms with Gasteiger partial charge in [0.15, 0.2) is 17.5 Å². The van der Waals surface area contributed by atoms with Crippen LogP contribution in [0.5, 0.6) is 0 Å². The van der Waals surface area contributed by atoms with E-state index in [0.717, 1.165) is 49.8 Å². The Bertz CT molecular complexity index is 4210. The second kappa shape index (κ2) is 14.6. The summed E-state index contributed by atoms with van der Waals surface area (Å²) in [5.41, 5.74) is 19.1. The van der Waals surface area contributed by atoms with Crippen molar-refractivity contribution in [1.29, 1.82) is 0 Å². The molecule has 0 fully saturated rings. The molecule has 13 aromatic rings. The lowest BCUT2D eigenvalue weighted by atomic mass is 9.68. The van der Waals surface area contributed by atoms with Crippen molar-refractivity contribution >= 4 is 53.4 Å². The van der Waals surface area contributed by atoms with Gasteiger partial charge in [0.25, 0.3) is 0 Å². The maximum atomic E-state index is 6.63. The first-order valence-corrected chi connectivity index (χ1v) is 24.2. The molecule has 3 heterocycles. The van der Waals surface area contributed by atoms with E-state index in [1.54, 1.807) is 11.3 Å². The average molecular weight is 896 g/mol. The molecule has 69 heavy (non-hydrogen) atoms. The molecule has 0 N–H and O–H groups in total. The van der Waals surface area contributed by atoms with Crippen LogP contribution in [0.1, 0.15) is 22.3 Å². The fourth-order valence-electron chi connectivity index (χ4n) is 11.7. The van der Waals surface area contributed by atoms with Crippen LogP contribution < -0.4 is 0 Å². The molecule has 0 bridgehead atoms. The lowest BCUT2D eigenvalue weighted by Gasteiger charge is -2.32. The van der Waals surface area contributed by atoms with Crippen molar-refractivity contribution in [2.75, 3.05) is 0 Å². The zero-order valence-corrected chi connectivity index (χ0v) is 37.8. The van der Waals surface area contributed by atoms with E-state index in [2.05, 4.69) is 194 Å². The molecule has 320 valence electrons. The molecule has 0 aliphatic heterocycles. The van der Waals surface area contributed by atoms with E-state index in [-0.39, 0.29) is 0 Å². The zero-order chi connectivity index (χ0) is 45.2. The molecule has 0 unspecified atom stereocenters. The fourth-order valence-corrected chi connectivity index (χ4v) is 12.8. The number of hydrogen-bond donors (Lipinski definition) is 0. The summed E-state index contributed by atoms with van der Waals surface area (Å²) in [5.74, 6) is 1.84. The lowest BCUT2D eigenvalue weighted by molar-refractivity contribution is 0.669. The predicted octanol–water partition coefficient (Wildman–Crippen LogP) is 16.8. The van der Waals surface area contributed by atoms with Gasteiger partial charge in [0.2, 0.25) is 0 Å². The minimum atomic E-state index is -0.447. The molecule has 0 radical (unpaired) electrons. The van der Waals surface area contributed by atoms with Gasteiger partial charge in [-0.2, -0.15) is 0 Å². The first-order valence-electron chi connectivity index (χ1n) is 23.4. The Morgan fingerprint density at radius 2 is 0.870 bits per heavy atom. The minimum absolute atomic E-state index is 0.447. The highest BCUT2D eigenvalue weighted by atomic mass is 32.1. The molecule has 3 aromatic heterocycles. The molecule has 0 saturated carbocycles. The SMILES string of the molecule is c1ccc(-c2nc(-c3ccc4c(c3)sc3ccccc34)nc(-c3cccc4oc5ccc(-c6cccc(-c7cccc8c7C7(c9ccccc9-c9ccccc97)c7ccccc7-8)c6)cc5c34)n2)cc1. The van der Waals surface area contributed by atoms with Gasteiger partial charge in [0, 0.05) is 47.6 Å². The summed E-state index contributed by atoms with van der Waals surface area (Å²) in [6.45, 7) is 0. The Labute approximate surface area is 401 Å². The maximum absolute atomic E-state index is 6.63. The number of aromatic nitrogens is 3. The molecule has 5 heteroatoms. The van der Waals surface area contributed by atoms with Crippen LogP contribution in [0.2, 0.25) is 0 Å². The van der Waals surface area contributed by atoms with Crippen molar-refractivity contribution in [3.63, 3.8) is 0 Å². The Morgan fingerprint density at radius 3 is 1.67 bits per heavy atom. The lowest BCUT2D eigenvalue weighted by Crippen LogP contribution is -2.26. The summed E-state index contributed by atoms with van der Waals surface area (Å²) in [6.07, 6.45) is 0. The van der Waals surface area contributed by atoms with Crippen molar-refractivity contribution in [2.45, 2.75) is 5.41 Å². The van der Waals surface area contributed by atoms with Gasteiger partial charge in [-0.3, -0.25) is 0 Å². The van der Waals surface area contributed by atoms with Crippen LogP contribution in [0, 0.1) is 0 Å². The number of rotatable bonds is 5. The molecule has 2 aliphatic carbocycles.